The predicted molar refractivity (Wildman–Crippen MR) is 137 cm³/mol. The zero-order valence-electron chi connectivity index (χ0n) is 18.8. The molecule has 1 amide bonds. The van der Waals surface area contributed by atoms with Crippen LogP contribution in [0.5, 0.6) is 0 Å². The number of carbonyl (C=O) groups is 1. The van der Waals surface area contributed by atoms with Gasteiger partial charge in [-0.1, -0.05) is 6.92 Å². The summed E-state index contributed by atoms with van der Waals surface area (Å²) >= 11 is 1.50. The van der Waals surface area contributed by atoms with Crippen molar-refractivity contribution in [2.45, 2.75) is 39.0 Å². The lowest BCUT2D eigenvalue weighted by atomic mass is 9.96. The molecule has 2 aliphatic rings. The fourth-order valence-corrected chi connectivity index (χ4v) is 4.86. The predicted octanol–water partition coefficient (Wildman–Crippen LogP) is 1.39. The second-order valence-corrected chi connectivity index (χ2v) is 8.75. The van der Waals surface area contributed by atoms with E-state index in [0.29, 0.717) is 0 Å². The number of hydrogen-bond acceptors (Lipinski definition) is 7. The largest absolute Gasteiger partial charge is 0.369 e. The van der Waals surface area contributed by atoms with Gasteiger partial charge in [0.15, 0.2) is 5.96 Å². The van der Waals surface area contributed by atoms with Gasteiger partial charge in [0.1, 0.15) is 5.82 Å². The quantitative estimate of drug-likeness (QED) is 0.213. The van der Waals surface area contributed by atoms with E-state index in [9.17, 15) is 4.79 Å². The van der Waals surface area contributed by atoms with Gasteiger partial charge in [0.25, 0.3) is 0 Å². The molecule has 9 nitrogen and oxygen atoms in total. The number of halogens is 1. The van der Waals surface area contributed by atoms with Gasteiger partial charge in [-0.15, -0.1) is 24.0 Å². The summed E-state index contributed by atoms with van der Waals surface area (Å²) in [6.07, 6.45) is 4.96. The Morgan fingerprint density at radius 3 is 2.48 bits per heavy atom. The normalized spacial score (nSPS) is 18.7. The molecule has 1 aromatic heterocycles. The van der Waals surface area contributed by atoms with Crippen molar-refractivity contribution in [3.05, 3.63) is 5.82 Å². The number of nitrogens with zero attached hydrogens (tertiary/aromatic N) is 6. The average molecular weight is 565 g/mol. The molecule has 0 bridgehead atoms. The number of aryl methyl sites for hydroxylation is 1. The van der Waals surface area contributed by atoms with Gasteiger partial charge in [0.05, 0.1) is 0 Å². The topological polar surface area (TPSA) is 103 Å². The third-order valence-electron chi connectivity index (χ3n) is 6.01. The SMILES string of the molecule is CCc1nsc(N2CCN(C(=NC)NCCCCN3CCC(C(N)=O)CC3)CC2)n1.I. The van der Waals surface area contributed by atoms with Gasteiger partial charge < -0.3 is 25.8 Å². The molecule has 0 saturated carbocycles. The van der Waals surface area contributed by atoms with E-state index in [1.807, 2.05) is 7.05 Å². The smallest absolute Gasteiger partial charge is 0.220 e. The maximum absolute atomic E-state index is 11.3. The number of anilines is 1. The second kappa shape index (κ2) is 13.4. The minimum atomic E-state index is -0.139. The van der Waals surface area contributed by atoms with E-state index in [1.165, 1.54) is 11.5 Å². The van der Waals surface area contributed by atoms with E-state index in [-0.39, 0.29) is 35.8 Å². The van der Waals surface area contributed by atoms with Crippen molar-refractivity contribution in [3.63, 3.8) is 0 Å². The fraction of sp³-hybridized carbons (Fsp3) is 0.800. The lowest BCUT2D eigenvalue weighted by Crippen LogP contribution is -2.52. The van der Waals surface area contributed by atoms with Gasteiger partial charge in [-0.2, -0.15) is 4.37 Å². The number of aromatic nitrogens is 2. The molecule has 2 aliphatic heterocycles. The summed E-state index contributed by atoms with van der Waals surface area (Å²) in [6, 6.07) is 0. The van der Waals surface area contributed by atoms with Crippen LogP contribution in [-0.2, 0) is 11.2 Å². The molecule has 11 heteroatoms. The van der Waals surface area contributed by atoms with Crippen LogP contribution in [0, 0.1) is 5.92 Å². The van der Waals surface area contributed by atoms with Crippen molar-refractivity contribution in [2.24, 2.45) is 16.6 Å². The summed E-state index contributed by atoms with van der Waals surface area (Å²) in [5.74, 6) is 1.86. The van der Waals surface area contributed by atoms with Crippen LogP contribution in [-0.4, -0.2) is 90.4 Å². The highest BCUT2D eigenvalue weighted by Gasteiger charge is 2.23. The Bertz CT molecular complexity index is 699. The molecule has 3 N–H and O–H groups in total. The Morgan fingerprint density at radius 2 is 1.90 bits per heavy atom. The number of nitrogens with two attached hydrogens (primary N) is 1. The Labute approximate surface area is 207 Å². The number of unbranched alkanes of at least 4 members (excludes halogenated alkanes) is 1. The number of amides is 1. The summed E-state index contributed by atoms with van der Waals surface area (Å²) in [6.45, 7) is 9.85. The molecule has 2 fully saturated rings. The maximum atomic E-state index is 11.3. The summed E-state index contributed by atoms with van der Waals surface area (Å²) in [5, 5.41) is 4.56. The van der Waals surface area contributed by atoms with Crippen LogP contribution in [0.1, 0.15) is 38.4 Å². The van der Waals surface area contributed by atoms with Crippen LogP contribution in [0.4, 0.5) is 5.13 Å². The van der Waals surface area contributed by atoms with E-state index in [2.05, 4.69) is 41.3 Å². The van der Waals surface area contributed by atoms with E-state index in [0.717, 1.165) is 101 Å². The van der Waals surface area contributed by atoms with Gasteiger partial charge >= 0.3 is 0 Å². The lowest BCUT2D eigenvalue weighted by molar-refractivity contribution is -0.123. The van der Waals surface area contributed by atoms with Crippen LogP contribution >= 0.6 is 35.5 Å². The van der Waals surface area contributed by atoms with E-state index in [4.69, 9.17) is 5.73 Å². The van der Waals surface area contributed by atoms with Gasteiger partial charge in [0.2, 0.25) is 11.0 Å². The maximum Gasteiger partial charge on any atom is 0.220 e. The standard InChI is InChI=1S/C20H36N8OS.HI/c1-3-17-24-20(30-25-17)28-14-12-27(13-15-28)19(22-2)23-8-4-5-9-26-10-6-16(7-11-26)18(21)29;/h16H,3-15H2,1-2H3,(H2,21,29)(H,22,23);1H. The molecular formula is C20H37IN8OS. The van der Waals surface area contributed by atoms with Crippen molar-refractivity contribution in [2.75, 3.05) is 64.3 Å². The molecule has 3 heterocycles. The van der Waals surface area contributed by atoms with Crippen molar-refractivity contribution in [3.8, 4) is 0 Å². The summed E-state index contributed by atoms with van der Waals surface area (Å²) in [4.78, 5) is 27.4. The molecular weight excluding hydrogens is 527 g/mol. The first-order valence-electron chi connectivity index (χ1n) is 11.2. The summed E-state index contributed by atoms with van der Waals surface area (Å²) in [5.41, 5.74) is 5.41. The van der Waals surface area contributed by atoms with Gasteiger partial charge in [0, 0.05) is 63.6 Å². The fourth-order valence-electron chi connectivity index (χ4n) is 4.06. The Morgan fingerprint density at radius 1 is 1.19 bits per heavy atom. The molecule has 0 aromatic carbocycles. The van der Waals surface area contributed by atoms with Gasteiger partial charge in [-0.05, 0) is 45.3 Å². The van der Waals surface area contributed by atoms with Crippen LogP contribution in [0.2, 0.25) is 0 Å². The number of piperazine rings is 1. The third-order valence-corrected chi connectivity index (χ3v) is 6.82. The molecule has 31 heavy (non-hydrogen) atoms. The van der Waals surface area contributed by atoms with Crippen LogP contribution in [0.3, 0.4) is 0 Å². The molecule has 1 aromatic rings. The van der Waals surface area contributed by atoms with Crippen molar-refractivity contribution in [1.82, 2.24) is 24.5 Å². The monoisotopic (exact) mass is 564 g/mol. The zero-order chi connectivity index (χ0) is 21.3. The number of piperidine rings is 1. The van der Waals surface area contributed by atoms with Crippen LogP contribution in [0.15, 0.2) is 4.99 Å². The molecule has 0 radical (unpaired) electrons. The first-order valence-corrected chi connectivity index (χ1v) is 11.9. The number of primary amides is 1. The van der Waals surface area contributed by atoms with Crippen molar-refractivity contribution in [1.29, 1.82) is 0 Å². The number of hydrogen-bond donors (Lipinski definition) is 2. The number of guanidine groups is 1. The highest BCUT2D eigenvalue weighted by atomic mass is 127. The number of aliphatic imine (C=N–C) groups is 1. The molecule has 3 rings (SSSR count). The molecule has 0 spiro atoms. The summed E-state index contributed by atoms with van der Waals surface area (Å²) in [7, 11) is 1.86. The first kappa shape index (κ1) is 26.0. The number of likely N-dealkylation sites (tertiary alicyclic amines) is 1. The van der Waals surface area contributed by atoms with Crippen LogP contribution in [0.25, 0.3) is 0 Å². The third kappa shape index (κ3) is 7.70. The Kier molecular flexibility index (Phi) is 11.2. The Hall–Kier alpha value is -1.21. The highest BCUT2D eigenvalue weighted by Crippen LogP contribution is 2.19. The van der Waals surface area contributed by atoms with E-state index < -0.39 is 0 Å². The zero-order valence-corrected chi connectivity index (χ0v) is 21.9. The average Bonchev–Trinajstić information content (AvgIpc) is 3.26. The van der Waals surface area contributed by atoms with Gasteiger partial charge in [-0.25, -0.2) is 4.98 Å². The first-order chi connectivity index (χ1) is 14.6. The second-order valence-electron chi connectivity index (χ2n) is 8.02. The van der Waals surface area contributed by atoms with Crippen molar-refractivity contribution >= 4 is 52.5 Å². The molecule has 2 saturated heterocycles. The van der Waals surface area contributed by atoms with Crippen molar-refractivity contribution < 1.29 is 4.79 Å². The van der Waals surface area contributed by atoms with Gasteiger partial charge in [-0.3, -0.25) is 9.79 Å². The number of rotatable bonds is 8. The molecule has 0 atom stereocenters. The molecule has 0 unspecified atom stereocenters. The minimum absolute atomic E-state index is 0. The molecule has 0 aliphatic carbocycles. The number of nitrogens with one attached hydrogen (secondary N) is 1. The highest BCUT2D eigenvalue weighted by molar-refractivity contribution is 14.0. The van der Waals surface area contributed by atoms with E-state index in [1.54, 1.807) is 0 Å². The lowest BCUT2D eigenvalue weighted by Gasteiger charge is -2.36. The Balaban J connectivity index is 0.00000341. The summed E-state index contributed by atoms with van der Waals surface area (Å²) < 4.78 is 4.40. The van der Waals surface area contributed by atoms with Crippen LogP contribution < -0.4 is 16.0 Å². The molecule has 176 valence electrons. The number of carbonyl (C=O) groups excluding carboxylic acids is 1. The minimum Gasteiger partial charge on any atom is -0.369 e. The van der Waals surface area contributed by atoms with E-state index >= 15 is 0 Å².